The Bertz CT molecular complexity index is 454. The molecule has 18 heavy (non-hydrogen) atoms. The topological polar surface area (TPSA) is 84.5 Å². The average Bonchev–Trinajstić information content (AvgIpc) is 2.30. The number of nitrogens with one attached hydrogen (secondary N) is 2. The number of carbonyl (C=O) groups excluding carboxylic acids is 3. The molecule has 1 rings (SSSR count). The van der Waals surface area contributed by atoms with E-state index < -0.39 is 6.09 Å². The van der Waals surface area contributed by atoms with Gasteiger partial charge in [-0.1, -0.05) is 0 Å². The van der Waals surface area contributed by atoms with Gasteiger partial charge in [0.1, 0.15) is 5.78 Å². The van der Waals surface area contributed by atoms with E-state index in [-0.39, 0.29) is 18.1 Å². The number of carbonyl (C=O) groups is 3. The molecule has 0 aliphatic carbocycles. The van der Waals surface area contributed by atoms with Crippen LogP contribution in [0, 0.1) is 0 Å². The van der Waals surface area contributed by atoms with Gasteiger partial charge in [-0.2, -0.15) is 0 Å². The summed E-state index contributed by atoms with van der Waals surface area (Å²) in [7, 11) is 1.27. The van der Waals surface area contributed by atoms with Crippen LogP contribution in [0.1, 0.15) is 13.3 Å². The van der Waals surface area contributed by atoms with E-state index in [4.69, 9.17) is 0 Å². The lowest BCUT2D eigenvalue weighted by Gasteiger charge is -2.06. The maximum absolute atomic E-state index is 11.3. The van der Waals surface area contributed by atoms with Gasteiger partial charge in [0, 0.05) is 11.4 Å². The Hall–Kier alpha value is -2.37. The van der Waals surface area contributed by atoms with Crippen molar-refractivity contribution in [3.8, 4) is 0 Å². The summed E-state index contributed by atoms with van der Waals surface area (Å²) in [5.74, 6) is -0.562. The van der Waals surface area contributed by atoms with Crippen molar-refractivity contribution < 1.29 is 19.1 Å². The standard InChI is InChI=1S/C12H14N2O4/c1-8(15)7-11(16)13-9-3-5-10(6-4-9)14-12(17)18-2/h3-6H,7H2,1-2H3,(H,13,16)(H,14,17). The number of ether oxygens (including phenoxy) is 1. The third-order valence-electron chi connectivity index (χ3n) is 2.01. The van der Waals surface area contributed by atoms with E-state index in [1.807, 2.05) is 0 Å². The summed E-state index contributed by atoms with van der Waals surface area (Å²) in [4.78, 5) is 33.0. The van der Waals surface area contributed by atoms with Gasteiger partial charge in [-0.05, 0) is 31.2 Å². The summed E-state index contributed by atoms with van der Waals surface area (Å²) in [6, 6.07) is 6.45. The van der Waals surface area contributed by atoms with Crippen LogP contribution in [0.5, 0.6) is 0 Å². The van der Waals surface area contributed by atoms with Gasteiger partial charge < -0.3 is 10.1 Å². The number of benzene rings is 1. The fourth-order valence-corrected chi connectivity index (χ4v) is 1.24. The van der Waals surface area contributed by atoms with Crippen LogP contribution in [0.3, 0.4) is 0 Å². The highest BCUT2D eigenvalue weighted by molar-refractivity contribution is 6.03. The molecular weight excluding hydrogens is 236 g/mol. The minimum Gasteiger partial charge on any atom is -0.453 e. The minimum atomic E-state index is -0.566. The first-order valence-corrected chi connectivity index (χ1v) is 5.25. The van der Waals surface area contributed by atoms with E-state index in [9.17, 15) is 14.4 Å². The maximum Gasteiger partial charge on any atom is 0.411 e. The number of hydrogen-bond acceptors (Lipinski definition) is 4. The van der Waals surface area contributed by atoms with Crippen molar-refractivity contribution in [2.45, 2.75) is 13.3 Å². The van der Waals surface area contributed by atoms with Crippen LogP contribution in [0.15, 0.2) is 24.3 Å². The van der Waals surface area contributed by atoms with Crippen molar-refractivity contribution in [1.29, 1.82) is 0 Å². The Labute approximate surface area is 104 Å². The van der Waals surface area contributed by atoms with E-state index in [0.29, 0.717) is 11.4 Å². The second-order valence-corrected chi connectivity index (χ2v) is 3.62. The van der Waals surface area contributed by atoms with Crippen LogP contribution in [0.4, 0.5) is 16.2 Å². The van der Waals surface area contributed by atoms with Crippen LogP contribution in [0.2, 0.25) is 0 Å². The number of methoxy groups -OCH3 is 1. The lowest BCUT2D eigenvalue weighted by Crippen LogP contribution is -2.15. The van der Waals surface area contributed by atoms with Crippen molar-refractivity contribution in [3.05, 3.63) is 24.3 Å². The van der Waals surface area contributed by atoms with E-state index in [1.54, 1.807) is 24.3 Å². The predicted octanol–water partition coefficient (Wildman–Crippen LogP) is 1.78. The molecule has 0 aliphatic heterocycles. The average molecular weight is 250 g/mol. The van der Waals surface area contributed by atoms with E-state index >= 15 is 0 Å². The van der Waals surface area contributed by atoms with Crippen molar-refractivity contribution in [2.75, 3.05) is 17.7 Å². The fourth-order valence-electron chi connectivity index (χ4n) is 1.24. The second-order valence-electron chi connectivity index (χ2n) is 3.62. The van der Waals surface area contributed by atoms with Crippen molar-refractivity contribution in [3.63, 3.8) is 0 Å². The Kier molecular flexibility index (Phi) is 4.86. The Morgan fingerprint density at radius 3 is 2.00 bits per heavy atom. The van der Waals surface area contributed by atoms with E-state index in [0.717, 1.165) is 0 Å². The molecule has 0 aromatic heterocycles. The highest BCUT2D eigenvalue weighted by Crippen LogP contribution is 2.13. The molecule has 1 aromatic rings. The van der Waals surface area contributed by atoms with Crippen LogP contribution in [0.25, 0.3) is 0 Å². The molecule has 0 bridgehead atoms. The first-order valence-electron chi connectivity index (χ1n) is 5.25. The molecule has 2 amide bonds. The number of rotatable bonds is 4. The quantitative estimate of drug-likeness (QED) is 0.798. The smallest absolute Gasteiger partial charge is 0.411 e. The largest absolute Gasteiger partial charge is 0.453 e. The Morgan fingerprint density at radius 1 is 1.06 bits per heavy atom. The van der Waals surface area contributed by atoms with Crippen molar-refractivity contribution in [2.24, 2.45) is 0 Å². The number of hydrogen-bond donors (Lipinski definition) is 2. The summed E-state index contributed by atoms with van der Waals surface area (Å²) in [6.45, 7) is 1.35. The molecule has 0 spiro atoms. The molecule has 0 heterocycles. The molecule has 6 heteroatoms. The van der Waals surface area contributed by atoms with E-state index in [2.05, 4.69) is 15.4 Å². The number of amides is 2. The summed E-state index contributed by atoms with van der Waals surface area (Å²) in [5, 5.41) is 5.04. The molecule has 6 nitrogen and oxygen atoms in total. The van der Waals surface area contributed by atoms with Gasteiger partial charge in [-0.15, -0.1) is 0 Å². The van der Waals surface area contributed by atoms with Crippen molar-refractivity contribution >= 4 is 29.2 Å². The van der Waals surface area contributed by atoms with Crippen LogP contribution < -0.4 is 10.6 Å². The van der Waals surface area contributed by atoms with Gasteiger partial charge in [0.25, 0.3) is 0 Å². The molecule has 1 aromatic carbocycles. The fraction of sp³-hybridized carbons (Fsp3) is 0.250. The molecule has 96 valence electrons. The molecule has 0 saturated heterocycles. The first-order chi connectivity index (χ1) is 8.51. The van der Waals surface area contributed by atoms with Crippen LogP contribution >= 0.6 is 0 Å². The number of ketones is 1. The summed E-state index contributed by atoms with van der Waals surface area (Å²) < 4.78 is 4.44. The molecular formula is C12H14N2O4. The number of anilines is 2. The molecule has 0 aliphatic rings. The number of Topliss-reactive ketones (excluding diaryl/α,β-unsaturated/α-hetero) is 1. The van der Waals surface area contributed by atoms with Gasteiger partial charge in [0.05, 0.1) is 13.5 Å². The highest BCUT2D eigenvalue weighted by Gasteiger charge is 2.05. The Balaban J connectivity index is 2.57. The van der Waals surface area contributed by atoms with Crippen LogP contribution in [-0.2, 0) is 14.3 Å². The molecule has 2 N–H and O–H groups in total. The second kappa shape index (κ2) is 6.39. The molecule has 0 atom stereocenters. The first kappa shape index (κ1) is 13.7. The zero-order valence-electron chi connectivity index (χ0n) is 10.1. The Morgan fingerprint density at radius 2 is 1.56 bits per heavy atom. The van der Waals surface area contributed by atoms with Gasteiger partial charge in [0.15, 0.2) is 0 Å². The molecule has 0 unspecified atom stereocenters. The van der Waals surface area contributed by atoms with Gasteiger partial charge in [-0.25, -0.2) is 4.79 Å². The normalized spacial score (nSPS) is 9.44. The maximum atomic E-state index is 11.3. The molecule has 0 radical (unpaired) electrons. The summed E-state index contributed by atoms with van der Waals surface area (Å²) in [5.41, 5.74) is 1.10. The zero-order valence-corrected chi connectivity index (χ0v) is 10.1. The van der Waals surface area contributed by atoms with Crippen LogP contribution in [-0.4, -0.2) is 24.9 Å². The van der Waals surface area contributed by atoms with Gasteiger partial charge >= 0.3 is 6.09 Å². The monoisotopic (exact) mass is 250 g/mol. The zero-order chi connectivity index (χ0) is 13.5. The molecule has 0 saturated carbocycles. The highest BCUT2D eigenvalue weighted by atomic mass is 16.5. The lowest BCUT2D eigenvalue weighted by molar-refractivity contribution is -0.124. The van der Waals surface area contributed by atoms with Gasteiger partial charge in [0.2, 0.25) is 5.91 Å². The van der Waals surface area contributed by atoms with Gasteiger partial charge in [-0.3, -0.25) is 14.9 Å². The third-order valence-corrected chi connectivity index (χ3v) is 2.01. The van der Waals surface area contributed by atoms with E-state index in [1.165, 1.54) is 14.0 Å². The minimum absolute atomic E-state index is 0.151. The summed E-state index contributed by atoms with van der Waals surface area (Å²) in [6.07, 6.45) is -0.717. The summed E-state index contributed by atoms with van der Waals surface area (Å²) >= 11 is 0. The SMILES string of the molecule is COC(=O)Nc1ccc(NC(=O)CC(C)=O)cc1. The predicted molar refractivity (Wildman–Crippen MR) is 66.4 cm³/mol. The van der Waals surface area contributed by atoms with Crippen molar-refractivity contribution in [1.82, 2.24) is 0 Å². The third kappa shape index (κ3) is 4.65. The lowest BCUT2D eigenvalue weighted by atomic mass is 10.2. The molecule has 0 fully saturated rings.